The molecule has 1 rings (SSSR count). The van der Waals surface area contributed by atoms with Gasteiger partial charge in [-0.3, -0.25) is 0 Å². The summed E-state index contributed by atoms with van der Waals surface area (Å²) >= 11 is 6.56. The molecule has 1 aromatic rings. The van der Waals surface area contributed by atoms with Crippen molar-refractivity contribution in [2.24, 2.45) is 0 Å². The van der Waals surface area contributed by atoms with Crippen LogP contribution in [0.2, 0.25) is 0 Å². The fourth-order valence-electron chi connectivity index (χ4n) is 0.463. The lowest BCUT2D eigenvalue weighted by molar-refractivity contribution is 1.10. The van der Waals surface area contributed by atoms with Crippen molar-refractivity contribution in [3.05, 3.63) is 5.82 Å². The van der Waals surface area contributed by atoms with Gasteiger partial charge in [-0.1, -0.05) is 27.7 Å². The third kappa shape index (κ3) is 2.56. The molecule has 5 heteroatoms. The minimum absolute atomic E-state index is 0.877. The quantitative estimate of drug-likeness (QED) is 0.598. The normalized spacial score (nSPS) is 10.2. The minimum atomic E-state index is 0.877. The zero-order valence-corrected chi connectivity index (χ0v) is 8.72. The van der Waals surface area contributed by atoms with E-state index < -0.39 is 0 Å². The van der Waals surface area contributed by atoms with Gasteiger partial charge >= 0.3 is 0 Å². The van der Waals surface area contributed by atoms with Gasteiger partial charge in [0.2, 0.25) is 0 Å². The Labute approximate surface area is 76.7 Å². The van der Waals surface area contributed by atoms with Crippen LogP contribution in [0.25, 0.3) is 0 Å². The summed E-state index contributed by atoms with van der Waals surface area (Å²) in [7, 11) is 0. The summed E-state index contributed by atoms with van der Waals surface area (Å²) in [5.74, 6) is 1.94. The summed E-state index contributed by atoms with van der Waals surface area (Å²) in [6.07, 6.45) is 0. The maximum atomic E-state index is 4.20. The molecule has 0 radical (unpaired) electrons. The van der Waals surface area contributed by atoms with Crippen molar-refractivity contribution < 1.29 is 0 Å². The highest BCUT2D eigenvalue weighted by Crippen LogP contribution is 2.19. The Morgan fingerprint density at radius 2 is 2.50 bits per heavy atom. The molecule has 0 amide bonds. The molecule has 0 unspecified atom stereocenters. The summed E-state index contributed by atoms with van der Waals surface area (Å²) in [5.41, 5.74) is 0. The van der Waals surface area contributed by atoms with Crippen molar-refractivity contribution >= 4 is 39.2 Å². The van der Waals surface area contributed by atoms with Gasteiger partial charge in [0.1, 0.15) is 5.82 Å². The average Bonchev–Trinajstić information content (AvgIpc) is 2.31. The van der Waals surface area contributed by atoms with Crippen molar-refractivity contribution in [1.82, 2.24) is 9.36 Å². The molecular formula is C5H7BrN2S2. The van der Waals surface area contributed by atoms with Gasteiger partial charge in [0.15, 0.2) is 4.34 Å². The van der Waals surface area contributed by atoms with Gasteiger partial charge in [-0.2, -0.15) is 4.37 Å². The van der Waals surface area contributed by atoms with Crippen molar-refractivity contribution in [2.45, 2.75) is 11.3 Å². The largest absolute Gasteiger partial charge is 0.213 e. The predicted octanol–water partition coefficient (Wildman–Crippen LogP) is 2.33. The number of alkyl halides is 1. The van der Waals surface area contributed by atoms with Crippen LogP contribution in [0.4, 0.5) is 0 Å². The molecule has 0 aliphatic heterocycles. The highest BCUT2D eigenvalue weighted by atomic mass is 79.9. The predicted molar refractivity (Wildman–Crippen MR) is 49.2 cm³/mol. The fraction of sp³-hybridized carbons (Fsp3) is 0.600. The second-order valence-electron chi connectivity index (χ2n) is 1.64. The van der Waals surface area contributed by atoms with Crippen LogP contribution < -0.4 is 0 Å². The van der Waals surface area contributed by atoms with Gasteiger partial charge in [-0.25, -0.2) is 4.98 Å². The molecule has 0 aliphatic carbocycles. The minimum Gasteiger partial charge on any atom is -0.213 e. The molecule has 0 saturated carbocycles. The van der Waals surface area contributed by atoms with E-state index in [0.29, 0.717) is 0 Å². The van der Waals surface area contributed by atoms with Crippen LogP contribution in [0, 0.1) is 6.92 Å². The lowest BCUT2D eigenvalue weighted by Crippen LogP contribution is -1.77. The molecular weight excluding hydrogens is 232 g/mol. The first-order chi connectivity index (χ1) is 4.83. The Morgan fingerprint density at radius 1 is 1.70 bits per heavy atom. The van der Waals surface area contributed by atoms with Gasteiger partial charge < -0.3 is 0 Å². The smallest absolute Gasteiger partial charge is 0.170 e. The number of halogens is 1. The SMILES string of the molecule is Cc1nsc(SCCBr)n1. The van der Waals surface area contributed by atoms with E-state index in [4.69, 9.17) is 0 Å². The summed E-state index contributed by atoms with van der Waals surface area (Å²) in [4.78, 5) is 4.20. The molecule has 1 heterocycles. The van der Waals surface area contributed by atoms with Gasteiger partial charge in [-0.15, -0.1) is 0 Å². The fourth-order valence-corrected chi connectivity index (χ4v) is 2.39. The third-order valence-corrected chi connectivity index (χ3v) is 3.66. The van der Waals surface area contributed by atoms with Crippen LogP contribution >= 0.6 is 39.2 Å². The van der Waals surface area contributed by atoms with E-state index in [1.165, 1.54) is 11.5 Å². The van der Waals surface area contributed by atoms with Gasteiger partial charge in [0, 0.05) is 11.1 Å². The highest BCUT2D eigenvalue weighted by molar-refractivity contribution is 9.09. The summed E-state index contributed by atoms with van der Waals surface area (Å²) in [5, 5.41) is 1.01. The van der Waals surface area contributed by atoms with Gasteiger partial charge in [-0.05, 0) is 18.5 Å². The molecule has 0 N–H and O–H groups in total. The molecule has 0 aromatic carbocycles. The molecule has 0 bridgehead atoms. The molecule has 0 atom stereocenters. The van der Waals surface area contributed by atoms with Crippen LogP contribution in [-0.2, 0) is 0 Å². The standard InChI is InChI=1S/C5H7BrN2S2/c1-4-7-5(10-8-4)9-3-2-6/h2-3H2,1H3. The third-order valence-electron chi connectivity index (χ3n) is 0.812. The van der Waals surface area contributed by atoms with Gasteiger partial charge in [0.05, 0.1) is 0 Å². The number of rotatable bonds is 3. The van der Waals surface area contributed by atoms with E-state index in [9.17, 15) is 0 Å². The summed E-state index contributed by atoms with van der Waals surface area (Å²) in [6.45, 7) is 1.91. The number of aromatic nitrogens is 2. The van der Waals surface area contributed by atoms with E-state index in [0.717, 1.165) is 21.2 Å². The number of aryl methyl sites for hydroxylation is 1. The Hall–Kier alpha value is 0.390. The molecule has 1 aromatic heterocycles. The lowest BCUT2D eigenvalue weighted by Gasteiger charge is -1.87. The first-order valence-electron chi connectivity index (χ1n) is 2.82. The van der Waals surface area contributed by atoms with Crippen molar-refractivity contribution in [1.29, 1.82) is 0 Å². The van der Waals surface area contributed by atoms with E-state index in [2.05, 4.69) is 25.3 Å². The van der Waals surface area contributed by atoms with Crippen LogP contribution in [-0.4, -0.2) is 20.4 Å². The Bertz CT molecular complexity index is 201. The van der Waals surface area contributed by atoms with E-state index >= 15 is 0 Å². The maximum Gasteiger partial charge on any atom is 0.170 e. The second kappa shape index (κ2) is 4.31. The van der Waals surface area contributed by atoms with Crippen molar-refractivity contribution in [3.8, 4) is 0 Å². The van der Waals surface area contributed by atoms with Crippen LogP contribution in [0.1, 0.15) is 5.82 Å². The van der Waals surface area contributed by atoms with E-state index in [1.54, 1.807) is 11.8 Å². The first-order valence-corrected chi connectivity index (χ1v) is 5.70. The van der Waals surface area contributed by atoms with Crippen molar-refractivity contribution in [2.75, 3.05) is 11.1 Å². The zero-order chi connectivity index (χ0) is 7.40. The topological polar surface area (TPSA) is 25.8 Å². The highest BCUT2D eigenvalue weighted by Gasteiger charge is 1.98. The zero-order valence-electron chi connectivity index (χ0n) is 5.50. The number of hydrogen-bond acceptors (Lipinski definition) is 4. The van der Waals surface area contributed by atoms with E-state index in [-0.39, 0.29) is 0 Å². The molecule has 10 heavy (non-hydrogen) atoms. The molecule has 0 aliphatic rings. The summed E-state index contributed by atoms with van der Waals surface area (Å²) < 4.78 is 5.13. The molecule has 0 fully saturated rings. The maximum absolute atomic E-state index is 4.20. The molecule has 56 valence electrons. The van der Waals surface area contributed by atoms with Crippen LogP contribution in [0.3, 0.4) is 0 Å². The molecule has 0 saturated heterocycles. The monoisotopic (exact) mass is 238 g/mol. The average molecular weight is 239 g/mol. The molecule has 2 nitrogen and oxygen atoms in total. The second-order valence-corrected chi connectivity index (χ2v) is 4.53. The number of thioether (sulfide) groups is 1. The van der Waals surface area contributed by atoms with Gasteiger partial charge in [0.25, 0.3) is 0 Å². The Morgan fingerprint density at radius 3 is 3.00 bits per heavy atom. The van der Waals surface area contributed by atoms with E-state index in [1.807, 2.05) is 6.92 Å². The van der Waals surface area contributed by atoms with Crippen LogP contribution in [0.15, 0.2) is 4.34 Å². The van der Waals surface area contributed by atoms with Crippen molar-refractivity contribution in [3.63, 3.8) is 0 Å². The molecule has 0 spiro atoms. The first kappa shape index (κ1) is 8.49. The Kier molecular flexibility index (Phi) is 3.65. The number of nitrogens with zero attached hydrogens (tertiary/aromatic N) is 2. The summed E-state index contributed by atoms with van der Waals surface area (Å²) in [6, 6.07) is 0. The number of hydrogen-bond donors (Lipinski definition) is 0. The lowest BCUT2D eigenvalue weighted by atomic mass is 10.8. The Balaban J connectivity index is 2.42. The van der Waals surface area contributed by atoms with Crippen LogP contribution in [0.5, 0.6) is 0 Å².